The van der Waals surface area contributed by atoms with Crippen molar-refractivity contribution in [2.45, 2.75) is 44.2 Å². The predicted molar refractivity (Wildman–Crippen MR) is 89.1 cm³/mol. The van der Waals surface area contributed by atoms with E-state index >= 15 is 0 Å². The zero-order chi connectivity index (χ0) is 15.2. The lowest BCUT2D eigenvalue weighted by molar-refractivity contribution is -0.126. The van der Waals surface area contributed by atoms with Crippen molar-refractivity contribution >= 4 is 11.5 Å². The Morgan fingerprint density at radius 3 is 2.64 bits per heavy atom. The van der Waals surface area contributed by atoms with Gasteiger partial charge in [-0.05, 0) is 37.0 Å². The molecule has 1 fully saturated rings. The largest absolute Gasteiger partial charge is 0.363 e. The van der Waals surface area contributed by atoms with Gasteiger partial charge < -0.3 is 4.90 Å². The van der Waals surface area contributed by atoms with E-state index in [2.05, 4.69) is 66.4 Å². The standard InChI is InChI=1S/C20H21NO/c1-20-16-10-5-6-11-17(16)21(14-15-8-3-2-4-9-15)18(20)12-7-13-19(20)22/h2-6,8-11,18H,7,12-14H2,1H3/t18-,20+/m0/s1. The number of anilines is 1. The Morgan fingerprint density at radius 1 is 1.09 bits per heavy atom. The number of rotatable bonds is 2. The maximum Gasteiger partial charge on any atom is 0.145 e. The summed E-state index contributed by atoms with van der Waals surface area (Å²) in [6, 6.07) is 19.3. The molecule has 22 heavy (non-hydrogen) atoms. The summed E-state index contributed by atoms with van der Waals surface area (Å²) in [5.74, 6) is 0.409. The Kier molecular flexibility index (Phi) is 3.07. The Hall–Kier alpha value is -2.09. The van der Waals surface area contributed by atoms with Gasteiger partial charge in [0.15, 0.2) is 0 Å². The lowest BCUT2D eigenvalue weighted by Crippen LogP contribution is -2.50. The first-order valence-electron chi connectivity index (χ1n) is 8.14. The number of hydrogen-bond donors (Lipinski definition) is 0. The van der Waals surface area contributed by atoms with E-state index in [1.54, 1.807) is 0 Å². The second-order valence-electron chi connectivity index (χ2n) is 6.66. The van der Waals surface area contributed by atoms with Gasteiger partial charge in [-0.2, -0.15) is 0 Å². The molecular weight excluding hydrogens is 270 g/mol. The van der Waals surface area contributed by atoms with E-state index in [1.807, 2.05) is 0 Å². The van der Waals surface area contributed by atoms with Crippen LogP contribution in [0.1, 0.15) is 37.3 Å². The van der Waals surface area contributed by atoms with Crippen LogP contribution in [-0.2, 0) is 16.8 Å². The van der Waals surface area contributed by atoms with Gasteiger partial charge in [-0.3, -0.25) is 4.79 Å². The molecule has 1 saturated carbocycles. The minimum Gasteiger partial charge on any atom is -0.363 e. The number of Topliss-reactive ketones (excluding diaryl/α,β-unsaturated/α-hetero) is 1. The van der Waals surface area contributed by atoms with Gasteiger partial charge in [0.05, 0.1) is 5.41 Å². The van der Waals surface area contributed by atoms with Crippen molar-refractivity contribution in [1.82, 2.24) is 0 Å². The second-order valence-corrected chi connectivity index (χ2v) is 6.66. The molecule has 2 nitrogen and oxygen atoms in total. The normalized spacial score (nSPS) is 26.7. The van der Waals surface area contributed by atoms with Crippen molar-refractivity contribution in [3.63, 3.8) is 0 Å². The summed E-state index contributed by atoms with van der Waals surface area (Å²) in [5, 5.41) is 0. The summed E-state index contributed by atoms with van der Waals surface area (Å²) >= 11 is 0. The fraction of sp³-hybridized carbons (Fsp3) is 0.350. The van der Waals surface area contributed by atoms with Crippen LogP contribution in [0.25, 0.3) is 0 Å². The van der Waals surface area contributed by atoms with Crippen LogP contribution in [0.5, 0.6) is 0 Å². The highest BCUT2D eigenvalue weighted by Gasteiger charge is 2.53. The lowest BCUT2D eigenvalue weighted by Gasteiger charge is -2.39. The number of para-hydroxylation sites is 1. The van der Waals surface area contributed by atoms with Crippen LogP contribution in [0.4, 0.5) is 5.69 Å². The Labute approximate surface area is 131 Å². The zero-order valence-corrected chi connectivity index (χ0v) is 13.0. The highest BCUT2D eigenvalue weighted by atomic mass is 16.1. The molecule has 2 aromatic carbocycles. The maximum absolute atomic E-state index is 12.7. The summed E-state index contributed by atoms with van der Waals surface area (Å²) in [7, 11) is 0. The molecule has 2 aliphatic rings. The van der Waals surface area contributed by atoms with E-state index in [4.69, 9.17) is 0 Å². The number of benzene rings is 2. The monoisotopic (exact) mass is 291 g/mol. The average molecular weight is 291 g/mol. The lowest BCUT2D eigenvalue weighted by atomic mass is 9.68. The van der Waals surface area contributed by atoms with Crippen LogP contribution in [0.3, 0.4) is 0 Å². The van der Waals surface area contributed by atoms with Crippen molar-refractivity contribution in [3.05, 3.63) is 65.7 Å². The van der Waals surface area contributed by atoms with E-state index in [0.717, 1.165) is 25.8 Å². The molecule has 0 aromatic heterocycles. The van der Waals surface area contributed by atoms with Crippen LogP contribution in [0.2, 0.25) is 0 Å². The molecule has 4 rings (SSSR count). The van der Waals surface area contributed by atoms with E-state index in [9.17, 15) is 4.79 Å². The van der Waals surface area contributed by atoms with E-state index < -0.39 is 0 Å². The van der Waals surface area contributed by atoms with Crippen molar-refractivity contribution < 1.29 is 4.79 Å². The van der Waals surface area contributed by atoms with Gasteiger partial charge in [0.2, 0.25) is 0 Å². The average Bonchev–Trinajstić information content (AvgIpc) is 2.80. The highest BCUT2D eigenvalue weighted by Crippen LogP contribution is 2.50. The topological polar surface area (TPSA) is 20.3 Å². The van der Waals surface area contributed by atoms with Crippen molar-refractivity contribution in [2.75, 3.05) is 4.90 Å². The first-order valence-corrected chi connectivity index (χ1v) is 8.14. The van der Waals surface area contributed by atoms with Crippen LogP contribution < -0.4 is 4.90 Å². The summed E-state index contributed by atoms with van der Waals surface area (Å²) in [4.78, 5) is 15.2. The van der Waals surface area contributed by atoms with Crippen molar-refractivity contribution in [1.29, 1.82) is 0 Å². The molecule has 0 amide bonds. The first-order chi connectivity index (χ1) is 10.7. The van der Waals surface area contributed by atoms with E-state index in [0.29, 0.717) is 11.8 Å². The third-order valence-electron chi connectivity index (χ3n) is 5.47. The fourth-order valence-corrected chi connectivity index (χ4v) is 4.29. The molecular formula is C20H21NO. The minimum absolute atomic E-state index is 0.298. The number of carbonyl (C=O) groups is 1. The smallest absolute Gasteiger partial charge is 0.145 e. The van der Waals surface area contributed by atoms with Gasteiger partial charge in [-0.1, -0.05) is 48.5 Å². The second kappa shape index (κ2) is 4.98. The summed E-state index contributed by atoms with van der Waals surface area (Å²) < 4.78 is 0. The molecule has 2 atom stereocenters. The van der Waals surface area contributed by atoms with Crippen molar-refractivity contribution in [3.8, 4) is 0 Å². The third kappa shape index (κ3) is 1.83. The Balaban J connectivity index is 1.80. The molecule has 1 aliphatic heterocycles. The van der Waals surface area contributed by atoms with Gasteiger partial charge in [0.1, 0.15) is 5.78 Å². The summed E-state index contributed by atoms with van der Waals surface area (Å²) in [5.41, 5.74) is 3.44. The zero-order valence-electron chi connectivity index (χ0n) is 13.0. The molecule has 0 unspecified atom stereocenters. The first kappa shape index (κ1) is 13.6. The molecule has 1 heterocycles. The summed E-state index contributed by atoms with van der Waals surface area (Å²) in [6.07, 6.45) is 2.84. The number of fused-ring (bicyclic) bond motifs is 3. The van der Waals surface area contributed by atoms with Crippen LogP contribution in [-0.4, -0.2) is 11.8 Å². The molecule has 0 saturated heterocycles. The highest BCUT2D eigenvalue weighted by molar-refractivity contribution is 5.96. The Morgan fingerprint density at radius 2 is 1.82 bits per heavy atom. The SMILES string of the molecule is C[C@]12C(=O)CCC[C@@H]1N(Cc1ccccc1)c1ccccc12. The quantitative estimate of drug-likeness (QED) is 0.830. The number of carbonyl (C=O) groups excluding carboxylic acids is 1. The molecule has 0 radical (unpaired) electrons. The summed E-state index contributed by atoms with van der Waals surface area (Å²) in [6.45, 7) is 3.04. The molecule has 0 spiro atoms. The molecule has 1 aliphatic carbocycles. The van der Waals surface area contributed by atoms with Gasteiger partial charge in [0.25, 0.3) is 0 Å². The van der Waals surface area contributed by atoms with Crippen LogP contribution >= 0.6 is 0 Å². The number of nitrogens with zero attached hydrogens (tertiary/aromatic N) is 1. The molecule has 0 N–H and O–H groups in total. The van der Waals surface area contributed by atoms with Crippen LogP contribution in [0.15, 0.2) is 54.6 Å². The van der Waals surface area contributed by atoms with Gasteiger partial charge in [0, 0.05) is 24.7 Å². The molecule has 2 aromatic rings. The van der Waals surface area contributed by atoms with Crippen molar-refractivity contribution in [2.24, 2.45) is 0 Å². The van der Waals surface area contributed by atoms with E-state index in [-0.39, 0.29) is 5.41 Å². The van der Waals surface area contributed by atoms with E-state index in [1.165, 1.54) is 16.8 Å². The predicted octanol–water partition coefficient (Wildman–Crippen LogP) is 4.09. The van der Waals surface area contributed by atoms with Crippen LogP contribution in [0, 0.1) is 0 Å². The maximum atomic E-state index is 12.7. The third-order valence-corrected chi connectivity index (χ3v) is 5.47. The molecule has 112 valence electrons. The molecule has 2 heteroatoms. The molecule has 0 bridgehead atoms. The fourth-order valence-electron chi connectivity index (χ4n) is 4.29. The Bertz CT molecular complexity index is 709. The van der Waals surface area contributed by atoms with Gasteiger partial charge >= 0.3 is 0 Å². The number of ketones is 1. The van der Waals surface area contributed by atoms with Gasteiger partial charge in [-0.15, -0.1) is 0 Å². The minimum atomic E-state index is -0.330. The van der Waals surface area contributed by atoms with Gasteiger partial charge in [-0.25, -0.2) is 0 Å². The number of hydrogen-bond acceptors (Lipinski definition) is 2.